The van der Waals surface area contributed by atoms with E-state index in [1.54, 1.807) is 0 Å². The van der Waals surface area contributed by atoms with E-state index in [-0.39, 0.29) is 13.2 Å². The molecule has 5 nitrogen and oxygen atoms in total. The average Bonchev–Trinajstić information content (AvgIpc) is 2.71. The molecule has 0 aliphatic carbocycles. The quantitative estimate of drug-likeness (QED) is 0.0770. The smallest absolute Gasteiger partial charge is 0.268 e. The second-order valence-corrected chi connectivity index (χ2v) is 11.9. The number of rotatable bonds is 25. The minimum atomic E-state index is -4.13. The van der Waals surface area contributed by atoms with E-state index in [0.29, 0.717) is 11.0 Å². The average molecular weight is 478 g/mol. The topological polar surface area (TPSA) is 58.6 Å². The molecule has 0 N–H and O–H groups in total. The number of quaternary nitrogens is 1. The van der Waals surface area contributed by atoms with Crippen LogP contribution < -0.4 is 4.89 Å². The highest BCUT2D eigenvalue weighted by molar-refractivity contribution is 7.45. The van der Waals surface area contributed by atoms with E-state index in [0.717, 1.165) is 19.3 Å². The molecule has 0 aromatic rings. The van der Waals surface area contributed by atoms with Crippen molar-refractivity contribution >= 4 is 7.82 Å². The number of hydrogen-bond donors (Lipinski definition) is 0. The van der Waals surface area contributed by atoms with Crippen LogP contribution in [-0.2, 0) is 13.6 Å². The highest BCUT2D eigenvalue weighted by Crippen LogP contribution is 2.38. The molecule has 0 bridgehead atoms. The van der Waals surface area contributed by atoms with E-state index in [1.165, 1.54) is 103 Å². The lowest BCUT2D eigenvalue weighted by atomic mass is 10.0. The fraction of sp³-hybridized carbons (Fsp3) is 1.00. The molecule has 32 heavy (non-hydrogen) atoms. The largest absolute Gasteiger partial charge is 0.756 e. The first kappa shape index (κ1) is 32.1. The maximum Gasteiger partial charge on any atom is 0.268 e. The Morgan fingerprint density at radius 1 is 0.562 bits per heavy atom. The summed E-state index contributed by atoms with van der Waals surface area (Å²) in [4.78, 5) is 11.7. The van der Waals surface area contributed by atoms with Crippen LogP contribution in [0.15, 0.2) is 0 Å². The van der Waals surface area contributed by atoms with Crippen molar-refractivity contribution < 1.29 is 23.0 Å². The molecule has 1 atom stereocenters. The van der Waals surface area contributed by atoms with Gasteiger partial charge in [0.05, 0.1) is 27.7 Å². The molecule has 0 amide bonds. The van der Waals surface area contributed by atoms with Crippen molar-refractivity contribution in [3.8, 4) is 0 Å². The van der Waals surface area contributed by atoms with Crippen LogP contribution in [0, 0.1) is 0 Å². The van der Waals surface area contributed by atoms with Crippen LogP contribution in [0.25, 0.3) is 0 Å². The fourth-order valence-corrected chi connectivity index (χ4v) is 4.55. The minimum absolute atomic E-state index is 0.170. The lowest BCUT2D eigenvalue weighted by molar-refractivity contribution is -0.870. The lowest BCUT2D eigenvalue weighted by Gasteiger charge is -2.27. The monoisotopic (exact) mass is 477 g/mol. The van der Waals surface area contributed by atoms with Crippen molar-refractivity contribution in [3.63, 3.8) is 0 Å². The van der Waals surface area contributed by atoms with Gasteiger partial charge in [-0.25, -0.2) is 0 Å². The summed E-state index contributed by atoms with van der Waals surface area (Å²) >= 11 is 0. The van der Waals surface area contributed by atoms with E-state index in [2.05, 4.69) is 6.92 Å². The zero-order valence-electron chi connectivity index (χ0n) is 22.1. The summed E-state index contributed by atoms with van der Waals surface area (Å²) in [5, 5.41) is 0. The Kier molecular flexibility index (Phi) is 21.6. The number of nitrogens with zero attached hydrogens (tertiary/aromatic N) is 1. The summed E-state index contributed by atoms with van der Waals surface area (Å²) < 4.78 is 22.2. The van der Waals surface area contributed by atoms with Crippen molar-refractivity contribution in [2.24, 2.45) is 0 Å². The molecule has 0 aliphatic rings. The van der Waals surface area contributed by atoms with E-state index in [4.69, 9.17) is 9.05 Å². The summed E-state index contributed by atoms with van der Waals surface area (Å²) in [7, 11) is 1.86. The molecule has 0 spiro atoms. The molecule has 6 heteroatoms. The maximum atomic E-state index is 11.7. The Hall–Kier alpha value is 0.0700. The summed E-state index contributed by atoms with van der Waals surface area (Å²) in [5.41, 5.74) is 0. The Balaban J connectivity index is 3.24. The number of likely N-dealkylation sites (N-methyl/N-ethyl adjacent to an activating group) is 1. The second-order valence-electron chi connectivity index (χ2n) is 10.5. The van der Waals surface area contributed by atoms with E-state index < -0.39 is 7.82 Å². The van der Waals surface area contributed by atoms with Crippen LogP contribution in [0.2, 0.25) is 0 Å². The zero-order chi connectivity index (χ0) is 24.0. The Labute approximate surface area is 200 Å². The summed E-state index contributed by atoms with van der Waals surface area (Å²) in [6.45, 7) is 3.32. The third kappa shape index (κ3) is 26.3. The first-order chi connectivity index (χ1) is 15.3. The standard InChI is InChI=1S/C26H56NO4P/c1-5-6-7-8-9-10-11-12-13-14-15-16-17-18-19-20-21-22-23-25-30-32(28,29)31-26-24-27(2,3)4/h5-26H2,1-4H3. The SMILES string of the molecule is CCCCCCCCCCCCCCCCCCCCCOP(=O)([O-])OCC[N+](C)(C)C. The van der Waals surface area contributed by atoms with Gasteiger partial charge in [-0.05, 0) is 6.42 Å². The zero-order valence-corrected chi connectivity index (χ0v) is 23.0. The molecular weight excluding hydrogens is 421 g/mol. The van der Waals surface area contributed by atoms with Gasteiger partial charge in [0.1, 0.15) is 13.2 Å². The van der Waals surface area contributed by atoms with E-state index >= 15 is 0 Å². The molecule has 0 saturated heterocycles. The van der Waals surface area contributed by atoms with Crippen molar-refractivity contribution in [2.75, 3.05) is 40.9 Å². The molecule has 0 rings (SSSR count). The Morgan fingerprint density at radius 3 is 1.22 bits per heavy atom. The minimum Gasteiger partial charge on any atom is -0.756 e. The van der Waals surface area contributed by atoms with Crippen LogP contribution in [0.4, 0.5) is 0 Å². The molecule has 0 saturated carbocycles. The number of hydrogen-bond acceptors (Lipinski definition) is 4. The molecule has 0 fully saturated rings. The van der Waals surface area contributed by atoms with Crippen molar-refractivity contribution in [1.29, 1.82) is 0 Å². The summed E-state index contributed by atoms with van der Waals surface area (Å²) in [5.74, 6) is 0. The number of phosphoric ester groups is 1. The molecule has 0 aromatic heterocycles. The summed E-state index contributed by atoms with van der Waals surface area (Å²) in [6.07, 6.45) is 25.2. The molecule has 0 aliphatic heterocycles. The predicted octanol–water partition coefficient (Wildman–Crippen LogP) is 7.63. The van der Waals surface area contributed by atoms with Crippen molar-refractivity contribution in [2.45, 2.75) is 129 Å². The third-order valence-electron chi connectivity index (χ3n) is 6.01. The van der Waals surface area contributed by atoms with Gasteiger partial charge in [-0.2, -0.15) is 0 Å². The molecule has 0 aromatic carbocycles. The van der Waals surface area contributed by atoms with E-state index in [9.17, 15) is 9.46 Å². The molecule has 194 valence electrons. The highest BCUT2D eigenvalue weighted by Gasteiger charge is 2.12. The first-order valence-electron chi connectivity index (χ1n) is 13.7. The molecular formula is C26H56NO4P. The van der Waals surface area contributed by atoms with Gasteiger partial charge >= 0.3 is 0 Å². The molecule has 1 unspecified atom stereocenters. The van der Waals surface area contributed by atoms with Crippen LogP contribution in [0.3, 0.4) is 0 Å². The molecule has 0 radical (unpaired) electrons. The number of phosphoric acid groups is 1. The van der Waals surface area contributed by atoms with Crippen molar-refractivity contribution in [1.82, 2.24) is 0 Å². The van der Waals surface area contributed by atoms with E-state index in [1.807, 2.05) is 21.1 Å². The van der Waals surface area contributed by atoms with Gasteiger partial charge in [-0.15, -0.1) is 0 Å². The normalized spacial score (nSPS) is 14.0. The Bertz CT molecular complexity index is 440. The first-order valence-corrected chi connectivity index (χ1v) is 15.1. The van der Waals surface area contributed by atoms with Gasteiger partial charge in [0, 0.05) is 0 Å². The van der Waals surface area contributed by atoms with Crippen LogP contribution in [0.1, 0.15) is 129 Å². The van der Waals surface area contributed by atoms with Crippen molar-refractivity contribution in [3.05, 3.63) is 0 Å². The lowest BCUT2D eigenvalue weighted by Crippen LogP contribution is -2.37. The van der Waals surface area contributed by atoms with Gasteiger partial charge < -0.3 is 18.4 Å². The van der Waals surface area contributed by atoms with Crippen LogP contribution in [-0.4, -0.2) is 45.4 Å². The number of unbranched alkanes of at least 4 members (excludes halogenated alkanes) is 18. The van der Waals surface area contributed by atoms with Crippen LogP contribution >= 0.6 is 7.82 Å². The van der Waals surface area contributed by atoms with Gasteiger partial charge in [0.2, 0.25) is 0 Å². The van der Waals surface area contributed by atoms with Gasteiger partial charge in [-0.1, -0.05) is 122 Å². The van der Waals surface area contributed by atoms with Gasteiger partial charge in [-0.3, -0.25) is 4.57 Å². The maximum absolute atomic E-state index is 11.7. The second kappa shape index (κ2) is 21.6. The van der Waals surface area contributed by atoms with Gasteiger partial charge in [0.25, 0.3) is 7.82 Å². The Morgan fingerprint density at radius 2 is 0.875 bits per heavy atom. The predicted molar refractivity (Wildman–Crippen MR) is 136 cm³/mol. The highest BCUT2D eigenvalue weighted by atomic mass is 31.2. The molecule has 0 heterocycles. The third-order valence-corrected chi connectivity index (χ3v) is 7.01. The van der Waals surface area contributed by atoms with Gasteiger partial charge in [0.15, 0.2) is 0 Å². The fourth-order valence-electron chi connectivity index (χ4n) is 3.82. The van der Waals surface area contributed by atoms with Crippen LogP contribution in [0.5, 0.6) is 0 Å². The summed E-state index contributed by atoms with van der Waals surface area (Å²) in [6, 6.07) is 0.